The van der Waals surface area contributed by atoms with E-state index in [0.29, 0.717) is 34.2 Å². The van der Waals surface area contributed by atoms with Crippen LogP contribution in [0.2, 0.25) is 0 Å². The highest BCUT2D eigenvalue weighted by atomic mass is 32.1. The fourth-order valence-electron chi connectivity index (χ4n) is 6.66. The van der Waals surface area contributed by atoms with E-state index in [2.05, 4.69) is 10.6 Å². The van der Waals surface area contributed by atoms with Crippen molar-refractivity contribution in [2.75, 3.05) is 25.1 Å². The maximum absolute atomic E-state index is 13.0. The van der Waals surface area contributed by atoms with Gasteiger partial charge in [0.1, 0.15) is 11.5 Å². The van der Waals surface area contributed by atoms with E-state index in [1.807, 2.05) is 5.38 Å². The summed E-state index contributed by atoms with van der Waals surface area (Å²) in [6, 6.07) is 0. The largest absolute Gasteiger partial charge is 0.462 e. The second-order valence-electron chi connectivity index (χ2n) is 10.5. The Bertz CT molecular complexity index is 962. The third-order valence-corrected chi connectivity index (χ3v) is 8.76. The number of esters is 2. The molecule has 9 heteroatoms. The summed E-state index contributed by atoms with van der Waals surface area (Å²) in [5, 5.41) is 7.74. The predicted molar refractivity (Wildman–Crippen MR) is 125 cm³/mol. The molecule has 5 aliphatic rings. The van der Waals surface area contributed by atoms with Crippen molar-refractivity contribution in [3.63, 3.8) is 0 Å². The van der Waals surface area contributed by atoms with Gasteiger partial charge in [-0.15, -0.1) is 11.3 Å². The third-order valence-electron chi connectivity index (χ3n) is 7.85. The Labute approximate surface area is 203 Å². The summed E-state index contributed by atoms with van der Waals surface area (Å²) in [5.74, 6) is 0.582. The average molecular weight is 489 g/mol. The molecule has 184 valence electrons. The molecule has 0 atom stereocenters. The predicted octanol–water partition coefficient (Wildman–Crippen LogP) is 3.62. The summed E-state index contributed by atoms with van der Waals surface area (Å²) < 4.78 is 10.2. The fourth-order valence-corrected chi connectivity index (χ4v) is 7.71. The summed E-state index contributed by atoms with van der Waals surface area (Å²) in [6.07, 6.45) is 8.54. The zero-order valence-corrected chi connectivity index (χ0v) is 20.3. The molecular formula is C25H32N2O6S. The molecular weight excluding hydrogens is 456 g/mol. The summed E-state index contributed by atoms with van der Waals surface area (Å²) in [5.41, 5.74) is 0.980. The van der Waals surface area contributed by atoms with Crippen LogP contribution >= 0.6 is 11.3 Å². The van der Waals surface area contributed by atoms with Gasteiger partial charge in [-0.1, -0.05) is 0 Å². The van der Waals surface area contributed by atoms with E-state index in [9.17, 15) is 19.2 Å². The van der Waals surface area contributed by atoms with Crippen LogP contribution in [0.25, 0.3) is 0 Å². The van der Waals surface area contributed by atoms with Crippen molar-refractivity contribution in [3.8, 4) is 0 Å². The van der Waals surface area contributed by atoms with E-state index in [4.69, 9.17) is 9.47 Å². The molecule has 5 fully saturated rings. The molecule has 0 unspecified atom stereocenters. The molecule has 0 saturated heterocycles. The number of hydrogen-bond donors (Lipinski definition) is 2. The molecule has 5 aliphatic carbocycles. The number of carbonyl (C=O) groups is 4. The van der Waals surface area contributed by atoms with E-state index in [0.717, 1.165) is 37.7 Å². The lowest BCUT2D eigenvalue weighted by atomic mass is 9.49. The molecule has 1 aromatic rings. The smallest absolute Gasteiger partial charge is 0.341 e. The molecule has 5 saturated carbocycles. The molecule has 34 heavy (non-hydrogen) atoms. The number of ether oxygens (including phenoxy) is 2. The molecule has 6 rings (SSSR count). The highest BCUT2D eigenvalue weighted by molar-refractivity contribution is 7.15. The van der Waals surface area contributed by atoms with Crippen molar-refractivity contribution >= 4 is 40.1 Å². The van der Waals surface area contributed by atoms with Gasteiger partial charge in [-0.3, -0.25) is 14.4 Å². The van der Waals surface area contributed by atoms with Crippen LogP contribution in [-0.4, -0.2) is 43.5 Å². The minimum Gasteiger partial charge on any atom is -0.462 e. The highest BCUT2D eigenvalue weighted by Gasteiger charge is 2.54. The standard InChI is InChI=1S/C25H32N2O6S/c1-2-32-23(30)21-18(17-3-4-17)13-34-22(21)27-19(28)12-33-20(29)11-26-24(31)25-8-14-5-15(9-25)7-16(6-14)10-25/h13-17H,2-12H2,1H3,(H,26,31)(H,27,28). The number of rotatable bonds is 9. The van der Waals surface area contributed by atoms with Crippen molar-refractivity contribution in [3.05, 3.63) is 16.5 Å². The molecule has 0 aliphatic heterocycles. The van der Waals surface area contributed by atoms with Crippen molar-refractivity contribution in [2.45, 2.75) is 64.2 Å². The Balaban J connectivity index is 1.10. The van der Waals surface area contributed by atoms with E-state index in [1.54, 1.807) is 6.92 Å². The SMILES string of the molecule is CCOC(=O)c1c(C2CC2)csc1NC(=O)COC(=O)CNC(=O)C12CC3CC(CC(C3)C1)C2. The topological polar surface area (TPSA) is 111 Å². The molecule has 4 bridgehead atoms. The second kappa shape index (κ2) is 9.32. The lowest BCUT2D eigenvalue weighted by Crippen LogP contribution is -2.54. The summed E-state index contributed by atoms with van der Waals surface area (Å²) in [4.78, 5) is 50.0. The van der Waals surface area contributed by atoms with Crippen LogP contribution in [-0.2, 0) is 23.9 Å². The normalized spacial score (nSPS) is 28.9. The molecule has 2 N–H and O–H groups in total. The Morgan fingerprint density at radius 3 is 2.26 bits per heavy atom. The van der Waals surface area contributed by atoms with Crippen LogP contribution < -0.4 is 10.6 Å². The summed E-state index contributed by atoms with van der Waals surface area (Å²) in [7, 11) is 0. The van der Waals surface area contributed by atoms with E-state index < -0.39 is 24.5 Å². The Morgan fingerprint density at radius 1 is 1.03 bits per heavy atom. The average Bonchev–Trinajstić information content (AvgIpc) is 3.55. The van der Waals surface area contributed by atoms with Crippen molar-refractivity contribution in [1.29, 1.82) is 0 Å². The van der Waals surface area contributed by atoms with E-state index >= 15 is 0 Å². The summed E-state index contributed by atoms with van der Waals surface area (Å²) >= 11 is 1.27. The zero-order valence-electron chi connectivity index (χ0n) is 19.5. The van der Waals surface area contributed by atoms with E-state index in [1.165, 1.54) is 30.6 Å². The van der Waals surface area contributed by atoms with Gasteiger partial charge in [-0.05, 0) is 92.9 Å². The maximum atomic E-state index is 13.0. The Morgan fingerprint density at radius 2 is 1.68 bits per heavy atom. The number of anilines is 1. The molecule has 0 spiro atoms. The summed E-state index contributed by atoms with van der Waals surface area (Å²) in [6.45, 7) is 1.26. The first-order chi connectivity index (χ1) is 16.4. The van der Waals surface area contributed by atoms with E-state index in [-0.39, 0.29) is 24.5 Å². The minimum absolute atomic E-state index is 0.0433. The highest BCUT2D eigenvalue weighted by Crippen LogP contribution is 2.60. The van der Waals surface area contributed by atoms with Gasteiger partial charge < -0.3 is 20.1 Å². The van der Waals surface area contributed by atoms with Crippen LogP contribution in [0.1, 0.15) is 80.1 Å². The number of amides is 2. The molecule has 8 nitrogen and oxygen atoms in total. The third kappa shape index (κ3) is 4.72. The molecule has 0 radical (unpaired) electrons. The van der Waals surface area contributed by atoms with Gasteiger partial charge in [0.25, 0.3) is 5.91 Å². The van der Waals surface area contributed by atoms with Gasteiger partial charge in [0.05, 0.1) is 12.2 Å². The molecule has 0 aromatic carbocycles. The van der Waals surface area contributed by atoms with Gasteiger partial charge in [0.15, 0.2) is 6.61 Å². The van der Waals surface area contributed by atoms with Gasteiger partial charge >= 0.3 is 11.9 Å². The second-order valence-corrected chi connectivity index (χ2v) is 11.4. The molecule has 1 aromatic heterocycles. The number of hydrogen-bond acceptors (Lipinski definition) is 7. The Kier molecular flexibility index (Phi) is 6.39. The van der Waals surface area contributed by atoms with Crippen LogP contribution in [0.5, 0.6) is 0 Å². The molecule has 2 amide bonds. The van der Waals surface area contributed by atoms with Gasteiger partial charge in [-0.2, -0.15) is 0 Å². The minimum atomic E-state index is -0.649. The monoisotopic (exact) mass is 488 g/mol. The number of carbonyl (C=O) groups excluding carboxylic acids is 4. The van der Waals surface area contributed by atoms with Gasteiger partial charge in [0, 0.05) is 5.41 Å². The fraction of sp³-hybridized carbons (Fsp3) is 0.680. The van der Waals surface area contributed by atoms with Gasteiger partial charge in [-0.25, -0.2) is 4.79 Å². The first-order valence-corrected chi connectivity index (χ1v) is 13.3. The van der Waals surface area contributed by atoms with Crippen LogP contribution in [0.4, 0.5) is 5.00 Å². The first kappa shape index (κ1) is 23.3. The lowest BCUT2D eigenvalue weighted by molar-refractivity contribution is -0.152. The van der Waals surface area contributed by atoms with Crippen molar-refractivity contribution in [2.24, 2.45) is 23.2 Å². The van der Waals surface area contributed by atoms with Gasteiger partial charge in [0.2, 0.25) is 5.91 Å². The first-order valence-electron chi connectivity index (χ1n) is 12.4. The van der Waals surface area contributed by atoms with Crippen molar-refractivity contribution in [1.82, 2.24) is 5.32 Å². The lowest BCUT2D eigenvalue weighted by Gasteiger charge is -2.55. The zero-order chi connectivity index (χ0) is 23.9. The van der Waals surface area contributed by atoms with Crippen molar-refractivity contribution < 1.29 is 28.7 Å². The maximum Gasteiger partial charge on any atom is 0.341 e. The molecule has 1 heterocycles. The Hall–Kier alpha value is -2.42. The number of nitrogens with one attached hydrogen (secondary N) is 2. The van der Waals surface area contributed by atoms with Crippen LogP contribution in [0.15, 0.2) is 5.38 Å². The van der Waals surface area contributed by atoms with Crippen LogP contribution in [0, 0.1) is 23.2 Å². The van der Waals surface area contributed by atoms with Crippen LogP contribution in [0.3, 0.4) is 0 Å². The number of thiophene rings is 1. The quantitative estimate of drug-likeness (QED) is 0.514.